The highest BCUT2D eigenvalue weighted by atomic mass is 15.1. The van der Waals surface area contributed by atoms with Crippen molar-refractivity contribution in [1.82, 2.24) is 9.80 Å². The molecule has 0 spiro atoms. The van der Waals surface area contributed by atoms with Crippen molar-refractivity contribution in [3.63, 3.8) is 0 Å². The summed E-state index contributed by atoms with van der Waals surface area (Å²) in [5.74, 6) is 0.978. The molecule has 0 N–H and O–H groups in total. The second-order valence-corrected chi connectivity index (χ2v) is 5.83. The van der Waals surface area contributed by atoms with Crippen LogP contribution in [0.5, 0.6) is 0 Å². The zero-order valence-electron chi connectivity index (χ0n) is 15.5. The van der Waals surface area contributed by atoms with E-state index in [1.165, 1.54) is 64.8 Å². The van der Waals surface area contributed by atoms with Crippen LogP contribution in [0.2, 0.25) is 0 Å². The van der Waals surface area contributed by atoms with E-state index in [0.717, 1.165) is 5.92 Å². The lowest BCUT2D eigenvalue weighted by molar-refractivity contribution is 0.230. The summed E-state index contributed by atoms with van der Waals surface area (Å²) in [5.41, 5.74) is 0. The Morgan fingerprint density at radius 3 is 1.45 bits per heavy atom. The third kappa shape index (κ3) is 14.3. The van der Waals surface area contributed by atoms with Crippen LogP contribution >= 0.6 is 0 Å². The highest BCUT2D eigenvalue weighted by molar-refractivity contribution is 4.65. The molecule has 1 aliphatic rings. The van der Waals surface area contributed by atoms with Crippen molar-refractivity contribution in [2.75, 3.05) is 39.8 Å². The SMILES string of the molecule is CC.CC1CCN(C)CC1.CCCN(CCC)CCC. The Bertz CT molecular complexity index is 139. The predicted octanol–water partition coefficient (Wildman–Crippen LogP) is 4.89. The topological polar surface area (TPSA) is 6.48 Å². The lowest BCUT2D eigenvalue weighted by Gasteiger charge is -2.26. The molecule has 0 aromatic carbocycles. The van der Waals surface area contributed by atoms with Crippen LogP contribution in [0.25, 0.3) is 0 Å². The van der Waals surface area contributed by atoms with Crippen LogP contribution in [0.1, 0.15) is 73.6 Å². The number of nitrogens with zero attached hydrogens (tertiary/aromatic N) is 2. The average molecular weight is 287 g/mol. The van der Waals surface area contributed by atoms with E-state index in [-0.39, 0.29) is 0 Å². The molecular weight excluding hydrogens is 244 g/mol. The second kappa shape index (κ2) is 17.0. The Morgan fingerprint density at radius 2 is 1.20 bits per heavy atom. The number of rotatable bonds is 6. The Kier molecular flexibility index (Phi) is 18.8. The van der Waals surface area contributed by atoms with Gasteiger partial charge in [0, 0.05) is 0 Å². The molecule has 0 radical (unpaired) electrons. The molecule has 0 amide bonds. The molecule has 0 unspecified atom stereocenters. The van der Waals surface area contributed by atoms with Crippen LogP contribution in [0.15, 0.2) is 0 Å². The van der Waals surface area contributed by atoms with E-state index in [1.54, 1.807) is 0 Å². The van der Waals surface area contributed by atoms with Gasteiger partial charge in [0.25, 0.3) is 0 Å². The fourth-order valence-electron chi connectivity index (χ4n) is 2.42. The fourth-order valence-corrected chi connectivity index (χ4v) is 2.42. The van der Waals surface area contributed by atoms with Gasteiger partial charge in [0.1, 0.15) is 0 Å². The molecule has 0 aromatic heterocycles. The molecule has 0 aliphatic carbocycles. The molecule has 0 bridgehead atoms. The quantitative estimate of drug-likeness (QED) is 0.686. The minimum Gasteiger partial charge on any atom is -0.306 e. The average Bonchev–Trinajstić information content (AvgIpc) is 2.46. The van der Waals surface area contributed by atoms with Gasteiger partial charge < -0.3 is 9.80 Å². The molecule has 0 atom stereocenters. The van der Waals surface area contributed by atoms with E-state index in [9.17, 15) is 0 Å². The molecule has 20 heavy (non-hydrogen) atoms. The number of hydrogen-bond donors (Lipinski definition) is 0. The lowest BCUT2D eigenvalue weighted by atomic mass is 10.00. The minimum absolute atomic E-state index is 0.978. The van der Waals surface area contributed by atoms with Gasteiger partial charge in [-0.15, -0.1) is 0 Å². The normalized spacial score (nSPS) is 16.2. The van der Waals surface area contributed by atoms with Gasteiger partial charge in [-0.2, -0.15) is 0 Å². The van der Waals surface area contributed by atoms with E-state index in [1.807, 2.05) is 13.8 Å². The van der Waals surface area contributed by atoms with Gasteiger partial charge in [0.05, 0.1) is 0 Å². The van der Waals surface area contributed by atoms with Gasteiger partial charge in [-0.3, -0.25) is 0 Å². The third-order valence-corrected chi connectivity index (χ3v) is 3.63. The first kappa shape index (κ1) is 22.2. The largest absolute Gasteiger partial charge is 0.306 e. The molecule has 1 aliphatic heterocycles. The number of likely N-dealkylation sites (tertiary alicyclic amines) is 1. The van der Waals surface area contributed by atoms with Gasteiger partial charge in [0.15, 0.2) is 0 Å². The van der Waals surface area contributed by atoms with Crippen LogP contribution in [0, 0.1) is 5.92 Å². The van der Waals surface area contributed by atoms with Crippen LogP contribution in [-0.2, 0) is 0 Å². The summed E-state index contributed by atoms with van der Waals surface area (Å²) >= 11 is 0. The van der Waals surface area contributed by atoms with Crippen molar-refractivity contribution in [3.8, 4) is 0 Å². The standard InChI is InChI=1S/C9H21N.C7H15N.C2H6/c1-4-7-10(8-5-2)9-6-3;1-7-3-5-8(2)6-4-7;1-2/h4-9H2,1-3H3;7H,3-6H2,1-2H3;1-2H3. The Balaban J connectivity index is 0. The molecule has 124 valence electrons. The summed E-state index contributed by atoms with van der Waals surface area (Å²) in [6, 6.07) is 0. The lowest BCUT2D eigenvalue weighted by Crippen LogP contribution is -2.28. The monoisotopic (exact) mass is 286 g/mol. The second-order valence-electron chi connectivity index (χ2n) is 5.83. The van der Waals surface area contributed by atoms with E-state index < -0.39 is 0 Å². The summed E-state index contributed by atoms with van der Waals surface area (Å²) < 4.78 is 0. The molecule has 1 rings (SSSR count). The first-order valence-electron chi connectivity index (χ1n) is 9.04. The van der Waals surface area contributed by atoms with E-state index in [0.29, 0.717) is 0 Å². The van der Waals surface area contributed by atoms with Crippen molar-refractivity contribution in [3.05, 3.63) is 0 Å². The molecule has 0 aromatic rings. The Morgan fingerprint density at radius 1 is 0.850 bits per heavy atom. The van der Waals surface area contributed by atoms with Gasteiger partial charge >= 0.3 is 0 Å². The minimum atomic E-state index is 0.978. The molecule has 1 heterocycles. The highest BCUT2D eigenvalue weighted by Gasteiger charge is 2.10. The van der Waals surface area contributed by atoms with E-state index in [4.69, 9.17) is 0 Å². The van der Waals surface area contributed by atoms with Crippen LogP contribution < -0.4 is 0 Å². The maximum atomic E-state index is 2.54. The fraction of sp³-hybridized carbons (Fsp3) is 1.00. The van der Waals surface area contributed by atoms with Crippen molar-refractivity contribution in [2.45, 2.75) is 73.6 Å². The first-order valence-corrected chi connectivity index (χ1v) is 9.04. The zero-order valence-corrected chi connectivity index (χ0v) is 15.5. The van der Waals surface area contributed by atoms with Crippen molar-refractivity contribution in [2.24, 2.45) is 5.92 Å². The summed E-state index contributed by atoms with van der Waals surface area (Å²) in [6.07, 6.45) is 6.67. The summed E-state index contributed by atoms with van der Waals surface area (Å²) in [5, 5.41) is 0. The molecule has 1 fully saturated rings. The highest BCUT2D eigenvalue weighted by Crippen LogP contribution is 2.13. The third-order valence-electron chi connectivity index (χ3n) is 3.63. The van der Waals surface area contributed by atoms with Crippen LogP contribution in [-0.4, -0.2) is 49.6 Å². The van der Waals surface area contributed by atoms with Crippen molar-refractivity contribution in [1.29, 1.82) is 0 Å². The summed E-state index contributed by atoms with van der Waals surface area (Å²) in [4.78, 5) is 4.94. The predicted molar refractivity (Wildman–Crippen MR) is 94.6 cm³/mol. The molecular formula is C18H42N2. The van der Waals surface area contributed by atoms with Crippen LogP contribution in [0.3, 0.4) is 0 Å². The van der Waals surface area contributed by atoms with Crippen molar-refractivity contribution < 1.29 is 0 Å². The molecule has 2 heteroatoms. The molecule has 2 nitrogen and oxygen atoms in total. The maximum absolute atomic E-state index is 2.54. The van der Waals surface area contributed by atoms with Crippen molar-refractivity contribution >= 4 is 0 Å². The van der Waals surface area contributed by atoms with Gasteiger partial charge in [-0.1, -0.05) is 41.5 Å². The van der Waals surface area contributed by atoms with Gasteiger partial charge in [-0.05, 0) is 77.8 Å². The molecule has 1 saturated heterocycles. The Labute approximate surface area is 129 Å². The zero-order chi connectivity index (χ0) is 15.8. The Hall–Kier alpha value is -0.0800. The smallest absolute Gasteiger partial charge is 0.00192 e. The maximum Gasteiger partial charge on any atom is -0.00192 e. The van der Waals surface area contributed by atoms with Crippen LogP contribution in [0.4, 0.5) is 0 Å². The number of piperidine rings is 1. The molecule has 0 saturated carbocycles. The van der Waals surface area contributed by atoms with E-state index >= 15 is 0 Å². The first-order chi connectivity index (χ1) is 9.63. The van der Waals surface area contributed by atoms with Gasteiger partial charge in [-0.25, -0.2) is 0 Å². The summed E-state index contributed by atoms with van der Waals surface area (Å²) in [6.45, 7) is 19.5. The number of hydrogen-bond acceptors (Lipinski definition) is 2. The summed E-state index contributed by atoms with van der Waals surface area (Å²) in [7, 11) is 2.20. The van der Waals surface area contributed by atoms with E-state index in [2.05, 4.69) is 44.5 Å². The van der Waals surface area contributed by atoms with Gasteiger partial charge in [0.2, 0.25) is 0 Å².